The summed E-state index contributed by atoms with van der Waals surface area (Å²) in [5.74, 6) is 1.22. The lowest BCUT2D eigenvalue weighted by atomic mass is 10.2. The smallest absolute Gasteiger partial charge is 0.193 e. The molecule has 8 heteroatoms. The van der Waals surface area contributed by atoms with E-state index in [4.69, 9.17) is 9.47 Å². The molecule has 0 saturated carbocycles. The van der Waals surface area contributed by atoms with Gasteiger partial charge in [-0.2, -0.15) is 0 Å². The summed E-state index contributed by atoms with van der Waals surface area (Å²) in [4.78, 5) is 6.12. The molecule has 0 aliphatic carbocycles. The highest BCUT2D eigenvalue weighted by Crippen LogP contribution is 2.17. The predicted molar refractivity (Wildman–Crippen MR) is 115 cm³/mol. The van der Waals surface area contributed by atoms with Gasteiger partial charge in [-0.3, -0.25) is 4.99 Å². The first-order valence-corrected chi connectivity index (χ1v) is 8.19. The van der Waals surface area contributed by atoms with Crippen molar-refractivity contribution in [2.24, 2.45) is 4.99 Å². The summed E-state index contributed by atoms with van der Waals surface area (Å²) in [6, 6.07) is 11.7. The van der Waals surface area contributed by atoms with Gasteiger partial charge in [0.2, 0.25) is 0 Å². The molecule has 0 spiro atoms. The van der Waals surface area contributed by atoms with E-state index in [1.807, 2.05) is 36.2 Å². The van der Waals surface area contributed by atoms with Crippen molar-refractivity contribution in [2.75, 3.05) is 34.4 Å². The minimum absolute atomic E-state index is 0. The summed E-state index contributed by atoms with van der Waals surface area (Å²) in [6.07, 6.45) is 0. The van der Waals surface area contributed by atoms with Crippen LogP contribution < -0.4 is 14.8 Å². The average molecular weight is 489 g/mol. The Morgan fingerprint density at radius 1 is 1.19 bits per heavy atom. The fraction of sp³-hybridized carbons (Fsp3) is 0.316. The van der Waals surface area contributed by atoms with E-state index in [1.165, 1.54) is 12.1 Å². The van der Waals surface area contributed by atoms with Gasteiger partial charge in [0.1, 0.15) is 18.1 Å². The largest absolute Gasteiger partial charge is 0.505 e. The van der Waals surface area contributed by atoms with Crippen LogP contribution >= 0.6 is 24.0 Å². The molecule has 148 valence electrons. The summed E-state index contributed by atoms with van der Waals surface area (Å²) < 4.78 is 24.2. The Balaban J connectivity index is 0.00000364. The van der Waals surface area contributed by atoms with E-state index in [1.54, 1.807) is 20.2 Å². The number of hydrogen-bond acceptors (Lipinski definition) is 4. The number of halogens is 2. The van der Waals surface area contributed by atoms with Crippen molar-refractivity contribution >= 4 is 29.9 Å². The van der Waals surface area contributed by atoms with Crippen LogP contribution in [0.2, 0.25) is 0 Å². The van der Waals surface area contributed by atoms with Gasteiger partial charge >= 0.3 is 0 Å². The molecule has 0 atom stereocenters. The van der Waals surface area contributed by atoms with Crippen LogP contribution in [0.5, 0.6) is 17.2 Å². The molecule has 27 heavy (non-hydrogen) atoms. The van der Waals surface area contributed by atoms with Gasteiger partial charge in [-0.25, -0.2) is 4.39 Å². The molecule has 6 nitrogen and oxygen atoms in total. The zero-order valence-corrected chi connectivity index (χ0v) is 17.9. The van der Waals surface area contributed by atoms with E-state index in [0.717, 1.165) is 11.5 Å². The number of benzene rings is 2. The van der Waals surface area contributed by atoms with Crippen molar-refractivity contribution < 1.29 is 19.0 Å². The first-order chi connectivity index (χ1) is 12.5. The number of methoxy groups -OCH3 is 1. The van der Waals surface area contributed by atoms with Gasteiger partial charge < -0.3 is 24.8 Å². The quantitative estimate of drug-likeness (QED) is 0.355. The molecule has 2 rings (SSSR count). The van der Waals surface area contributed by atoms with E-state index in [2.05, 4.69) is 10.3 Å². The van der Waals surface area contributed by atoms with Crippen molar-refractivity contribution in [3.8, 4) is 17.2 Å². The number of phenolic OH excluding ortho intramolecular Hbond substituents is 1. The molecule has 0 aromatic heterocycles. The summed E-state index contributed by atoms with van der Waals surface area (Å²) in [5.41, 5.74) is 0.712. The van der Waals surface area contributed by atoms with Crippen LogP contribution in [0.3, 0.4) is 0 Å². The number of likely N-dealkylation sites (N-methyl/N-ethyl adjacent to an activating group) is 1. The molecule has 2 aromatic rings. The van der Waals surface area contributed by atoms with Gasteiger partial charge in [0.25, 0.3) is 0 Å². The van der Waals surface area contributed by atoms with Gasteiger partial charge in [-0.15, -0.1) is 24.0 Å². The Morgan fingerprint density at radius 3 is 2.44 bits per heavy atom. The highest BCUT2D eigenvalue weighted by Gasteiger charge is 2.07. The maximum absolute atomic E-state index is 13.4. The maximum Gasteiger partial charge on any atom is 0.193 e. The number of guanidine groups is 1. The molecule has 0 fully saturated rings. The summed E-state index contributed by atoms with van der Waals surface area (Å²) in [6.45, 7) is 1.50. The zero-order valence-electron chi connectivity index (χ0n) is 15.6. The molecule has 0 saturated heterocycles. The fourth-order valence-electron chi connectivity index (χ4n) is 2.30. The third kappa shape index (κ3) is 7.12. The Labute approximate surface area is 176 Å². The molecule has 0 bridgehead atoms. The molecule has 0 aliphatic heterocycles. The number of rotatable bonds is 7. The third-order valence-corrected chi connectivity index (χ3v) is 3.79. The molecule has 0 heterocycles. The molecule has 0 radical (unpaired) electrons. The Bertz CT molecular complexity index is 741. The lowest BCUT2D eigenvalue weighted by molar-refractivity contribution is 0.281. The number of aliphatic imine (C=N–C) groups is 1. The first-order valence-electron chi connectivity index (χ1n) is 8.19. The fourth-order valence-corrected chi connectivity index (χ4v) is 2.30. The molecule has 2 N–H and O–H groups in total. The lowest BCUT2D eigenvalue weighted by Crippen LogP contribution is -2.40. The minimum Gasteiger partial charge on any atom is -0.505 e. The number of ether oxygens (including phenoxy) is 2. The van der Waals surface area contributed by atoms with Crippen molar-refractivity contribution in [2.45, 2.75) is 6.54 Å². The molecular weight excluding hydrogens is 464 g/mol. The summed E-state index contributed by atoms with van der Waals surface area (Å²) in [7, 11) is 5.20. The third-order valence-electron chi connectivity index (χ3n) is 3.79. The van der Waals surface area contributed by atoms with E-state index < -0.39 is 5.82 Å². The van der Waals surface area contributed by atoms with E-state index in [-0.39, 0.29) is 29.7 Å². The Morgan fingerprint density at radius 2 is 1.85 bits per heavy atom. The summed E-state index contributed by atoms with van der Waals surface area (Å²) >= 11 is 0. The van der Waals surface area contributed by atoms with Gasteiger partial charge in [-0.1, -0.05) is 6.07 Å². The monoisotopic (exact) mass is 489 g/mol. The molecule has 0 unspecified atom stereocenters. The molecule has 2 aromatic carbocycles. The number of phenols is 1. The first kappa shape index (κ1) is 22.8. The van der Waals surface area contributed by atoms with Gasteiger partial charge in [0.15, 0.2) is 17.5 Å². The van der Waals surface area contributed by atoms with Gasteiger partial charge in [0.05, 0.1) is 13.7 Å². The molecular formula is C19H25FIN3O3. The second-order valence-electron chi connectivity index (χ2n) is 5.63. The van der Waals surface area contributed by atoms with E-state index in [0.29, 0.717) is 31.2 Å². The van der Waals surface area contributed by atoms with Crippen molar-refractivity contribution in [3.05, 3.63) is 53.8 Å². The van der Waals surface area contributed by atoms with Crippen LogP contribution in [0.25, 0.3) is 0 Å². The van der Waals surface area contributed by atoms with Gasteiger partial charge in [0, 0.05) is 20.6 Å². The number of aromatic hydroxyl groups is 1. The number of nitrogens with one attached hydrogen (secondary N) is 1. The maximum atomic E-state index is 13.4. The van der Waals surface area contributed by atoms with Crippen molar-refractivity contribution in [3.63, 3.8) is 0 Å². The van der Waals surface area contributed by atoms with Crippen molar-refractivity contribution in [1.29, 1.82) is 0 Å². The predicted octanol–water partition coefficient (Wildman–Crippen LogP) is 3.24. The Hall–Kier alpha value is -2.23. The normalized spacial score (nSPS) is 10.7. The lowest BCUT2D eigenvalue weighted by Gasteiger charge is -2.22. The number of nitrogens with zero attached hydrogens (tertiary/aromatic N) is 2. The van der Waals surface area contributed by atoms with Crippen molar-refractivity contribution in [1.82, 2.24) is 10.2 Å². The van der Waals surface area contributed by atoms with Crippen LogP contribution in [0, 0.1) is 5.82 Å². The minimum atomic E-state index is -0.638. The Kier molecular flexibility index (Phi) is 9.70. The molecule has 0 aliphatic rings. The highest BCUT2D eigenvalue weighted by molar-refractivity contribution is 14.0. The van der Waals surface area contributed by atoms with Crippen LogP contribution in [0.1, 0.15) is 5.56 Å². The topological polar surface area (TPSA) is 66.3 Å². The standard InChI is InChI=1S/C19H24FN3O3.HI/c1-21-19(22-13-14-4-9-18(24)17(20)12-14)23(2)10-11-26-16-7-5-15(25-3)6-8-16;/h4-9,12,24H,10-11,13H2,1-3H3,(H,21,22);1H. The second kappa shape index (κ2) is 11.5. The van der Waals surface area contributed by atoms with Crippen LogP contribution in [0.4, 0.5) is 4.39 Å². The number of hydrogen-bond donors (Lipinski definition) is 2. The van der Waals surface area contributed by atoms with Gasteiger partial charge in [-0.05, 0) is 42.0 Å². The molecule has 0 amide bonds. The van der Waals surface area contributed by atoms with E-state index in [9.17, 15) is 9.50 Å². The second-order valence-corrected chi connectivity index (χ2v) is 5.63. The highest BCUT2D eigenvalue weighted by atomic mass is 127. The SMILES string of the molecule is CN=C(NCc1ccc(O)c(F)c1)N(C)CCOc1ccc(OC)cc1.I. The van der Waals surface area contributed by atoms with Crippen LogP contribution in [-0.2, 0) is 6.54 Å². The zero-order chi connectivity index (χ0) is 18.9. The van der Waals surface area contributed by atoms with Crippen LogP contribution in [-0.4, -0.2) is 50.3 Å². The van der Waals surface area contributed by atoms with Crippen LogP contribution in [0.15, 0.2) is 47.5 Å². The average Bonchev–Trinajstić information content (AvgIpc) is 2.65. The summed E-state index contributed by atoms with van der Waals surface area (Å²) in [5, 5.41) is 12.4. The van der Waals surface area contributed by atoms with E-state index >= 15 is 0 Å².